The third-order valence-corrected chi connectivity index (χ3v) is 8.26. The number of aliphatic hydroxyl groups is 2. The van der Waals surface area contributed by atoms with Crippen LogP contribution in [-0.4, -0.2) is 45.3 Å². The van der Waals surface area contributed by atoms with Gasteiger partial charge < -0.3 is 14.9 Å². The van der Waals surface area contributed by atoms with Crippen molar-refractivity contribution >= 4 is 29.2 Å². The Kier molecular flexibility index (Phi) is 8.53. The van der Waals surface area contributed by atoms with Crippen molar-refractivity contribution in [1.29, 1.82) is 0 Å². The van der Waals surface area contributed by atoms with Crippen molar-refractivity contribution in [2.45, 2.75) is 97.9 Å². The number of cyclic esters (lactones) is 1. The molecular formula is C27H39NO5S. The fourth-order valence-electron chi connectivity index (χ4n) is 4.97. The molecule has 2 aliphatic rings. The molecule has 188 valence electrons. The molecule has 2 N–H and O–H groups in total. The Bertz CT molecular complexity index is 943. The fraction of sp³-hybridized carbons (Fsp3) is 0.667. The van der Waals surface area contributed by atoms with E-state index in [4.69, 9.17) is 4.74 Å². The zero-order valence-corrected chi connectivity index (χ0v) is 21.9. The Balaban J connectivity index is 1.83. The summed E-state index contributed by atoms with van der Waals surface area (Å²) < 4.78 is 5.80. The van der Waals surface area contributed by atoms with Gasteiger partial charge in [-0.15, -0.1) is 11.3 Å². The lowest BCUT2D eigenvalue weighted by atomic mass is 9.72. The van der Waals surface area contributed by atoms with Gasteiger partial charge in [-0.3, -0.25) is 9.59 Å². The van der Waals surface area contributed by atoms with Crippen LogP contribution < -0.4 is 0 Å². The summed E-state index contributed by atoms with van der Waals surface area (Å²) >= 11 is 1.57. The molecule has 34 heavy (non-hydrogen) atoms. The zero-order chi connectivity index (χ0) is 25.1. The van der Waals surface area contributed by atoms with Gasteiger partial charge in [0, 0.05) is 17.7 Å². The first-order chi connectivity index (χ1) is 16.0. The molecule has 1 fully saturated rings. The number of nitrogens with zero attached hydrogens (tertiary/aromatic N) is 1. The highest BCUT2D eigenvalue weighted by atomic mass is 32.1. The summed E-state index contributed by atoms with van der Waals surface area (Å²) in [6, 6.07) is 0. The van der Waals surface area contributed by atoms with Gasteiger partial charge in [0.25, 0.3) is 0 Å². The van der Waals surface area contributed by atoms with E-state index in [0.717, 1.165) is 35.5 Å². The van der Waals surface area contributed by atoms with E-state index in [0.29, 0.717) is 19.3 Å². The van der Waals surface area contributed by atoms with E-state index >= 15 is 0 Å². The highest BCUT2D eigenvalue weighted by Gasteiger charge is 2.58. The topological polar surface area (TPSA) is 96.7 Å². The molecule has 0 bridgehead atoms. The van der Waals surface area contributed by atoms with Crippen molar-refractivity contribution in [3.8, 4) is 0 Å². The number of aryl methyl sites for hydroxylation is 1. The molecular weight excluding hydrogens is 450 g/mol. The van der Waals surface area contributed by atoms with Gasteiger partial charge in [0.2, 0.25) is 0 Å². The minimum absolute atomic E-state index is 0.146. The maximum Gasteiger partial charge on any atom is 0.309 e. The molecule has 2 heterocycles. The molecule has 0 saturated heterocycles. The monoisotopic (exact) mass is 489 g/mol. The van der Waals surface area contributed by atoms with Crippen LogP contribution in [0, 0.1) is 23.7 Å². The smallest absolute Gasteiger partial charge is 0.309 e. The standard InChI is InChI=1S/C27H39NO5S/c1-17(14-20-16-34-19(3)28-20)21-10-8-6-7-9-11-26(4,5)24(31)18(2)25(32)27(12-13-27)22(29)15-23(30)33-21/h6,8,14,16,18,21-22,24,29,31H,7,9-13,15H2,1-5H3/b8-6-,17-14+/t18-,21+,22-,24+/m0/s1. The fourth-order valence-corrected chi connectivity index (χ4v) is 5.54. The van der Waals surface area contributed by atoms with Crippen molar-refractivity contribution in [3.05, 3.63) is 33.8 Å². The summed E-state index contributed by atoms with van der Waals surface area (Å²) in [5, 5.41) is 24.8. The largest absolute Gasteiger partial charge is 0.457 e. The summed E-state index contributed by atoms with van der Waals surface area (Å²) in [5.74, 6) is -1.27. The predicted octanol–water partition coefficient (Wildman–Crippen LogP) is 5.02. The lowest BCUT2D eigenvalue weighted by molar-refractivity contribution is -0.152. The molecule has 0 aromatic carbocycles. The molecule has 1 aromatic heterocycles. The average Bonchev–Trinajstić information content (AvgIpc) is 3.49. The van der Waals surface area contributed by atoms with E-state index in [1.807, 2.05) is 45.2 Å². The molecule has 0 unspecified atom stereocenters. The van der Waals surface area contributed by atoms with Crippen LogP contribution in [0.5, 0.6) is 0 Å². The number of hydrogen-bond donors (Lipinski definition) is 2. The minimum atomic E-state index is -1.11. The number of rotatable bonds is 2. The third kappa shape index (κ3) is 6.23. The summed E-state index contributed by atoms with van der Waals surface area (Å²) in [6.45, 7) is 9.60. The summed E-state index contributed by atoms with van der Waals surface area (Å²) in [5.41, 5.74) is 0.344. The normalized spacial score (nSPS) is 31.8. The van der Waals surface area contributed by atoms with E-state index in [-0.39, 0.29) is 12.2 Å². The maximum atomic E-state index is 13.3. The zero-order valence-electron chi connectivity index (χ0n) is 21.0. The second-order valence-corrected chi connectivity index (χ2v) is 11.8. The van der Waals surface area contributed by atoms with Crippen LogP contribution in [0.4, 0.5) is 0 Å². The van der Waals surface area contributed by atoms with Crippen molar-refractivity contribution in [3.63, 3.8) is 0 Å². The van der Waals surface area contributed by atoms with Crippen LogP contribution in [0.25, 0.3) is 6.08 Å². The van der Waals surface area contributed by atoms with Crippen LogP contribution >= 0.6 is 11.3 Å². The SMILES string of the molecule is C/C(=C\c1csc(C)n1)[C@H]1C/C=C\CCCC(C)(C)[C@H](O)[C@H](C)C(=O)C2(CC2)[C@@H](O)CC(=O)O1. The van der Waals surface area contributed by atoms with Gasteiger partial charge in [-0.05, 0) is 63.0 Å². The second kappa shape index (κ2) is 10.8. The van der Waals surface area contributed by atoms with Gasteiger partial charge in [-0.1, -0.05) is 32.9 Å². The Morgan fingerprint density at radius 2 is 1.91 bits per heavy atom. The second-order valence-electron chi connectivity index (χ2n) is 10.7. The number of allylic oxidation sites excluding steroid dienone is 1. The molecule has 1 aliphatic carbocycles. The minimum Gasteiger partial charge on any atom is -0.457 e. The van der Waals surface area contributed by atoms with E-state index in [2.05, 4.69) is 11.1 Å². The molecule has 1 spiro atoms. The van der Waals surface area contributed by atoms with Crippen molar-refractivity contribution < 1.29 is 24.5 Å². The van der Waals surface area contributed by atoms with Crippen LogP contribution in [0.2, 0.25) is 0 Å². The van der Waals surface area contributed by atoms with Gasteiger partial charge in [-0.2, -0.15) is 0 Å². The van der Waals surface area contributed by atoms with Gasteiger partial charge in [-0.25, -0.2) is 4.98 Å². The molecule has 0 radical (unpaired) electrons. The first-order valence-electron chi connectivity index (χ1n) is 12.3. The number of ketones is 1. The average molecular weight is 490 g/mol. The summed E-state index contributed by atoms with van der Waals surface area (Å²) in [6.07, 6.45) is 7.53. The molecule has 1 aromatic rings. The Hall–Kier alpha value is -1.83. The van der Waals surface area contributed by atoms with Gasteiger partial charge in [0.15, 0.2) is 0 Å². The first kappa shape index (κ1) is 26.8. The first-order valence-corrected chi connectivity index (χ1v) is 13.2. The molecule has 1 aliphatic heterocycles. The van der Waals surface area contributed by atoms with E-state index in [1.54, 1.807) is 18.3 Å². The Morgan fingerprint density at radius 3 is 2.53 bits per heavy atom. The van der Waals surface area contributed by atoms with Crippen molar-refractivity contribution in [1.82, 2.24) is 4.98 Å². The molecule has 3 rings (SSSR count). The van der Waals surface area contributed by atoms with E-state index < -0.39 is 41.0 Å². The number of ether oxygens (including phenoxy) is 1. The number of aromatic nitrogens is 1. The lowest BCUT2D eigenvalue weighted by Gasteiger charge is -2.36. The van der Waals surface area contributed by atoms with Crippen LogP contribution in [0.1, 0.15) is 83.3 Å². The number of esters is 1. The quantitative estimate of drug-likeness (QED) is 0.447. The number of aliphatic hydroxyl groups excluding tert-OH is 2. The Morgan fingerprint density at radius 1 is 1.21 bits per heavy atom. The van der Waals surface area contributed by atoms with E-state index in [1.165, 1.54) is 0 Å². The predicted molar refractivity (Wildman–Crippen MR) is 134 cm³/mol. The van der Waals surface area contributed by atoms with Crippen LogP contribution in [0.3, 0.4) is 0 Å². The van der Waals surface area contributed by atoms with Gasteiger partial charge >= 0.3 is 5.97 Å². The van der Waals surface area contributed by atoms with Crippen LogP contribution in [-0.2, 0) is 14.3 Å². The molecule has 4 atom stereocenters. The number of Topliss-reactive ketones (excluding diaryl/α,β-unsaturated/α-hetero) is 1. The van der Waals surface area contributed by atoms with Crippen molar-refractivity contribution in [2.75, 3.05) is 0 Å². The lowest BCUT2D eigenvalue weighted by Crippen LogP contribution is -2.44. The third-order valence-electron chi connectivity index (χ3n) is 7.47. The molecule has 7 heteroatoms. The van der Waals surface area contributed by atoms with Crippen molar-refractivity contribution in [2.24, 2.45) is 16.7 Å². The highest BCUT2D eigenvalue weighted by molar-refractivity contribution is 7.09. The number of carbonyl (C=O) groups excluding carboxylic acids is 2. The van der Waals surface area contributed by atoms with Gasteiger partial charge in [0.1, 0.15) is 11.9 Å². The number of thiazole rings is 1. The number of hydrogen-bond acceptors (Lipinski definition) is 7. The van der Waals surface area contributed by atoms with Gasteiger partial charge in [0.05, 0.1) is 34.7 Å². The van der Waals surface area contributed by atoms with E-state index in [9.17, 15) is 19.8 Å². The number of carbonyl (C=O) groups is 2. The summed E-state index contributed by atoms with van der Waals surface area (Å²) in [7, 11) is 0. The summed E-state index contributed by atoms with van der Waals surface area (Å²) in [4.78, 5) is 30.6. The highest BCUT2D eigenvalue weighted by Crippen LogP contribution is 2.53. The van der Waals surface area contributed by atoms with Crippen LogP contribution in [0.15, 0.2) is 23.1 Å². The Labute approximate surface area is 207 Å². The molecule has 6 nitrogen and oxygen atoms in total. The molecule has 0 amide bonds. The molecule has 1 saturated carbocycles. The maximum absolute atomic E-state index is 13.3.